The average Bonchev–Trinajstić information content (AvgIpc) is 2.67. The number of carbonyl (C=O) groups is 2. The van der Waals surface area contributed by atoms with E-state index >= 15 is 0 Å². The molecule has 0 bridgehead atoms. The molecule has 0 aliphatic heterocycles. The van der Waals surface area contributed by atoms with E-state index in [0.717, 1.165) is 6.42 Å². The number of hydrogen-bond donors (Lipinski definition) is 2. The zero-order valence-electron chi connectivity index (χ0n) is 15.5. The normalized spacial score (nSPS) is 12.7. The number of ether oxygens (including phenoxy) is 1. The van der Waals surface area contributed by atoms with Crippen LogP contribution in [-0.4, -0.2) is 24.5 Å². The number of rotatable bonds is 8. The van der Waals surface area contributed by atoms with Crippen molar-refractivity contribution in [3.05, 3.63) is 60.2 Å². The van der Waals surface area contributed by atoms with Gasteiger partial charge in [-0.3, -0.25) is 9.59 Å². The fourth-order valence-electron chi connectivity index (χ4n) is 2.58. The molecule has 138 valence electrons. The molecule has 0 radical (unpaired) electrons. The third-order valence-corrected chi connectivity index (χ3v) is 4.26. The molecule has 26 heavy (non-hydrogen) atoms. The third-order valence-electron chi connectivity index (χ3n) is 4.26. The Morgan fingerprint density at radius 1 is 1.00 bits per heavy atom. The number of anilines is 1. The van der Waals surface area contributed by atoms with Crippen molar-refractivity contribution in [3.8, 4) is 5.75 Å². The monoisotopic (exact) mass is 354 g/mol. The van der Waals surface area contributed by atoms with Crippen molar-refractivity contribution in [1.82, 2.24) is 5.32 Å². The van der Waals surface area contributed by atoms with E-state index in [2.05, 4.69) is 10.6 Å². The lowest BCUT2D eigenvalue weighted by molar-refractivity contribution is -0.119. The quantitative estimate of drug-likeness (QED) is 0.756. The van der Waals surface area contributed by atoms with Gasteiger partial charge in [0.1, 0.15) is 11.8 Å². The van der Waals surface area contributed by atoms with Gasteiger partial charge in [0.2, 0.25) is 5.91 Å². The van der Waals surface area contributed by atoms with Crippen LogP contribution in [0.1, 0.15) is 37.6 Å². The number of benzene rings is 2. The summed E-state index contributed by atoms with van der Waals surface area (Å²) in [5.74, 6) is 0.0856. The highest BCUT2D eigenvalue weighted by atomic mass is 16.5. The Morgan fingerprint density at radius 3 is 2.31 bits per heavy atom. The molecular weight excluding hydrogens is 328 g/mol. The summed E-state index contributed by atoms with van der Waals surface area (Å²) in [6.07, 6.45) is 0.764. The van der Waals surface area contributed by atoms with E-state index in [1.807, 2.05) is 39.0 Å². The lowest BCUT2D eigenvalue weighted by atomic mass is 9.97. The highest BCUT2D eigenvalue weighted by molar-refractivity contribution is 6.01. The van der Waals surface area contributed by atoms with Crippen molar-refractivity contribution in [2.45, 2.75) is 33.2 Å². The summed E-state index contributed by atoms with van der Waals surface area (Å²) in [7, 11) is 0. The van der Waals surface area contributed by atoms with E-state index in [4.69, 9.17) is 4.74 Å². The first-order valence-electron chi connectivity index (χ1n) is 8.95. The third kappa shape index (κ3) is 5.09. The van der Waals surface area contributed by atoms with Gasteiger partial charge in [0.15, 0.2) is 0 Å². The van der Waals surface area contributed by atoms with Crippen LogP contribution in [0.4, 0.5) is 5.69 Å². The fourth-order valence-corrected chi connectivity index (χ4v) is 2.58. The minimum Gasteiger partial charge on any atom is -0.492 e. The molecule has 0 aliphatic carbocycles. The molecule has 5 heteroatoms. The van der Waals surface area contributed by atoms with Gasteiger partial charge in [-0.2, -0.15) is 0 Å². The van der Waals surface area contributed by atoms with Gasteiger partial charge in [-0.1, -0.05) is 50.6 Å². The van der Waals surface area contributed by atoms with Crippen LogP contribution < -0.4 is 15.4 Å². The fraction of sp³-hybridized carbons (Fsp3) is 0.333. The Kier molecular flexibility index (Phi) is 7.21. The molecule has 5 nitrogen and oxygen atoms in total. The smallest absolute Gasteiger partial charge is 0.251 e. The van der Waals surface area contributed by atoms with Crippen LogP contribution in [-0.2, 0) is 4.79 Å². The van der Waals surface area contributed by atoms with Gasteiger partial charge < -0.3 is 15.4 Å². The Bertz CT molecular complexity index is 731. The van der Waals surface area contributed by atoms with E-state index in [1.165, 1.54) is 0 Å². The predicted octanol–water partition coefficient (Wildman–Crippen LogP) is 3.87. The topological polar surface area (TPSA) is 67.4 Å². The summed E-state index contributed by atoms with van der Waals surface area (Å²) < 4.78 is 5.55. The van der Waals surface area contributed by atoms with Gasteiger partial charge >= 0.3 is 0 Å². The van der Waals surface area contributed by atoms with Crippen LogP contribution in [0.5, 0.6) is 5.75 Å². The number of hydrogen-bond acceptors (Lipinski definition) is 3. The van der Waals surface area contributed by atoms with Gasteiger partial charge in [0, 0.05) is 5.56 Å². The summed E-state index contributed by atoms with van der Waals surface area (Å²) in [5.41, 5.74) is 1.13. The Balaban J connectivity index is 2.16. The second-order valence-corrected chi connectivity index (χ2v) is 6.12. The Morgan fingerprint density at radius 2 is 1.65 bits per heavy atom. The van der Waals surface area contributed by atoms with Crippen LogP contribution in [0.15, 0.2) is 54.6 Å². The Labute approximate surface area is 154 Å². The molecule has 2 atom stereocenters. The molecule has 2 amide bonds. The van der Waals surface area contributed by atoms with E-state index < -0.39 is 6.04 Å². The van der Waals surface area contributed by atoms with Crippen molar-refractivity contribution >= 4 is 17.5 Å². The molecule has 0 saturated carbocycles. The zero-order valence-corrected chi connectivity index (χ0v) is 15.5. The van der Waals surface area contributed by atoms with Gasteiger partial charge in [0.05, 0.1) is 12.3 Å². The van der Waals surface area contributed by atoms with Crippen LogP contribution in [0.2, 0.25) is 0 Å². The largest absolute Gasteiger partial charge is 0.492 e. The van der Waals surface area contributed by atoms with E-state index in [0.29, 0.717) is 23.6 Å². The average molecular weight is 354 g/mol. The van der Waals surface area contributed by atoms with Crippen molar-refractivity contribution in [1.29, 1.82) is 0 Å². The zero-order chi connectivity index (χ0) is 18.9. The highest BCUT2D eigenvalue weighted by Gasteiger charge is 2.27. The van der Waals surface area contributed by atoms with Gasteiger partial charge in [-0.25, -0.2) is 0 Å². The molecule has 2 rings (SSSR count). The van der Waals surface area contributed by atoms with Gasteiger partial charge in [0.25, 0.3) is 5.91 Å². The number of carbonyl (C=O) groups excluding carboxylic acids is 2. The predicted molar refractivity (Wildman–Crippen MR) is 103 cm³/mol. The van der Waals surface area contributed by atoms with Gasteiger partial charge in [-0.15, -0.1) is 0 Å². The van der Waals surface area contributed by atoms with E-state index in [-0.39, 0.29) is 17.7 Å². The minimum atomic E-state index is -0.637. The maximum atomic E-state index is 12.9. The molecule has 2 aromatic rings. The van der Waals surface area contributed by atoms with Crippen molar-refractivity contribution in [2.75, 3.05) is 11.9 Å². The summed E-state index contributed by atoms with van der Waals surface area (Å²) in [6, 6.07) is 15.5. The molecule has 0 heterocycles. The second kappa shape index (κ2) is 9.61. The number of nitrogens with one attached hydrogen (secondary N) is 2. The SMILES string of the molecule is CCOc1ccccc1NC(=O)[C@@H](NC(=O)c1ccccc1)[C@@H](C)CC. The highest BCUT2D eigenvalue weighted by Crippen LogP contribution is 2.24. The maximum Gasteiger partial charge on any atom is 0.251 e. The minimum absolute atomic E-state index is 0.0121. The Hall–Kier alpha value is -2.82. The molecule has 0 unspecified atom stereocenters. The van der Waals surface area contributed by atoms with E-state index in [1.54, 1.807) is 36.4 Å². The lowest BCUT2D eigenvalue weighted by Gasteiger charge is -2.24. The first-order valence-corrected chi connectivity index (χ1v) is 8.95. The standard InChI is InChI=1S/C21H26N2O3/c1-4-15(3)19(23-20(24)16-11-7-6-8-12-16)21(25)22-17-13-9-10-14-18(17)26-5-2/h6-15,19H,4-5H2,1-3H3,(H,22,25)(H,23,24)/t15-,19-/m0/s1. The summed E-state index contributed by atoms with van der Waals surface area (Å²) >= 11 is 0. The van der Waals surface area contributed by atoms with Crippen LogP contribution in [0, 0.1) is 5.92 Å². The molecular formula is C21H26N2O3. The first kappa shape index (κ1) is 19.5. The van der Waals surface area contributed by atoms with Crippen molar-refractivity contribution in [2.24, 2.45) is 5.92 Å². The lowest BCUT2D eigenvalue weighted by Crippen LogP contribution is -2.47. The van der Waals surface area contributed by atoms with Crippen LogP contribution >= 0.6 is 0 Å². The summed E-state index contributed by atoms with van der Waals surface area (Å²) in [6.45, 7) is 6.34. The van der Waals surface area contributed by atoms with Gasteiger partial charge in [-0.05, 0) is 37.1 Å². The van der Waals surface area contributed by atoms with Crippen molar-refractivity contribution in [3.63, 3.8) is 0 Å². The summed E-state index contributed by atoms with van der Waals surface area (Å²) in [5, 5.41) is 5.75. The van der Waals surface area contributed by atoms with E-state index in [9.17, 15) is 9.59 Å². The number of para-hydroxylation sites is 2. The molecule has 0 saturated heterocycles. The van der Waals surface area contributed by atoms with Crippen LogP contribution in [0.3, 0.4) is 0 Å². The molecule has 0 fully saturated rings. The molecule has 0 aliphatic rings. The molecule has 2 aromatic carbocycles. The summed E-state index contributed by atoms with van der Waals surface area (Å²) in [4.78, 5) is 25.3. The first-order chi connectivity index (χ1) is 12.6. The maximum absolute atomic E-state index is 12.9. The molecule has 0 aromatic heterocycles. The molecule has 2 N–H and O–H groups in total. The van der Waals surface area contributed by atoms with Crippen LogP contribution in [0.25, 0.3) is 0 Å². The molecule has 0 spiro atoms. The number of amides is 2. The second-order valence-electron chi connectivity index (χ2n) is 6.12. The van der Waals surface area contributed by atoms with Crippen molar-refractivity contribution < 1.29 is 14.3 Å².